The molecule has 0 amide bonds. The smallest absolute Gasteiger partial charge is 0.115 e. The highest BCUT2D eigenvalue weighted by atomic mass is 14.8. The van der Waals surface area contributed by atoms with Gasteiger partial charge in [0.15, 0.2) is 0 Å². The lowest BCUT2D eigenvalue weighted by atomic mass is 9.70. The third kappa shape index (κ3) is 2.59. The lowest BCUT2D eigenvalue weighted by Crippen LogP contribution is -2.29. The summed E-state index contributed by atoms with van der Waals surface area (Å²) in [6.45, 7) is 4.70. The Morgan fingerprint density at radius 2 is 1.81 bits per heavy atom. The predicted octanol–water partition coefficient (Wildman–Crippen LogP) is 2.69. The highest BCUT2D eigenvalue weighted by molar-refractivity contribution is 5.10. The van der Waals surface area contributed by atoms with E-state index in [1.54, 1.807) is 6.33 Å². The van der Waals surface area contributed by atoms with Gasteiger partial charge in [0.1, 0.15) is 6.33 Å². The van der Waals surface area contributed by atoms with Crippen LogP contribution in [0.1, 0.15) is 51.1 Å². The third-order valence-corrected chi connectivity index (χ3v) is 3.86. The third-order valence-electron chi connectivity index (χ3n) is 3.86. The number of aromatic nitrogens is 2. The molecule has 0 aromatic carbocycles. The van der Waals surface area contributed by atoms with Gasteiger partial charge >= 0.3 is 0 Å². The first-order valence-corrected chi connectivity index (χ1v) is 6.09. The molecule has 1 heterocycles. The van der Waals surface area contributed by atoms with Crippen molar-refractivity contribution in [2.75, 3.05) is 0 Å². The van der Waals surface area contributed by atoms with E-state index in [-0.39, 0.29) is 6.04 Å². The molecule has 0 aliphatic heterocycles. The summed E-state index contributed by atoms with van der Waals surface area (Å²) in [5, 5.41) is 0. The second-order valence-corrected chi connectivity index (χ2v) is 5.70. The van der Waals surface area contributed by atoms with Gasteiger partial charge in [-0.2, -0.15) is 0 Å². The molecule has 1 fully saturated rings. The normalized spacial score (nSPS) is 22.9. The van der Waals surface area contributed by atoms with Gasteiger partial charge in [-0.3, -0.25) is 0 Å². The first-order valence-electron chi connectivity index (χ1n) is 6.09. The Balaban J connectivity index is 2.00. The summed E-state index contributed by atoms with van der Waals surface area (Å²) in [5.41, 5.74) is 7.86. The summed E-state index contributed by atoms with van der Waals surface area (Å²) in [4.78, 5) is 8.08. The van der Waals surface area contributed by atoms with E-state index in [0.717, 1.165) is 5.56 Å². The Labute approximate surface area is 97.5 Å². The average molecular weight is 219 g/mol. The number of nitrogens with two attached hydrogens (primary N) is 1. The summed E-state index contributed by atoms with van der Waals surface area (Å²) in [6, 6.07) is 0.109. The molecule has 3 nitrogen and oxygen atoms in total. The van der Waals surface area contributed by atoms with Gasteiger partial charge in [-0.05, 0) is 37.0 Å². The molecule has 2 N–H and O–H groups in total. The zero-order chi connectivity index (χ0) is 11.6. The van der Waals surface area contributed by atoms with E-state index < -0.39 is 0 Å². The Bertz CT molecular complexity index is 324. The number of nitrogens with zero attached hydrogens (tertiary/aromatic N) is 2. The summed E-state index contributed by atoms with van der Waals surface area (Å²) in [7, 11) is 0. The Morgan fingerprint density at radius 1 is 1.25 bits per heavy atom. The van der Waals surface area contributed by atoms with Gasteiger partial charge in [-0.1, -0.05) is 13.8 Å². The van der Waals surface area contributed by atoms with Crippen molar-refractivity contribution in [2.24, 2.45) is 17.1 Å². The molecule has 1 aromatic heterocycles. The van der Waals surface area contributed by atoms with E-state index in [1.807, 2.05) is 12.4 Å². The SMILES string of the molecule is CC1(C)CCC(C(N)c2cncnc2)CC1. The van der Waals surface area contributed by atoms with Crippen molar-refractivity contribution in [1.82, 2.24) is 9.97 Å². The standard InChI is InChI=1S/C13H21N3/c1-13(2)5-3-10(4-6-13)12(14)11-7-15-9-16-8-11/h7-10,12H,3-6,14H2,1-2H3. The molecule has 0 bridgehead atoms. The van der Waals surface area contributed by atoms with Crippen LogP contribution in [0.25, 0.3) is 0 Å². The molecule has 1 aliphatic carbocycles. The first-order chi connectivity index (χ1) is 7.58. The number of rotatable bonds is 2. The van der Waals surface area contributed by atoms with Gasteiger partial charge in [0.25, 0.3) is 0 Å². The summed E-state index contributed by atoms with van der Waals surface area (Å²) in [5.74, 6) is 0.596. The zero-order valence-electron chi connectivity index (χ0n) is 10.2. The van der Waals surface area contributed by atoms with E-state index in [0.29, 0.717) is 11.3 Å². The average Bonchev–Trinajstić information content (AvgIpc) is 2.29. The fraction of sp³-hybridized carbons (Fsp3) is 0.692. The van der Waals surface area contributed by atoms with Crippen LogP contribution < -0.4 is 5.73 Å². The monoisotopic (exact) mass is 219 g/mol. The lowest BCUT2D eigenvalue weighted by molar-refractivity contribution is 0.173. The molecule has 0 spiro atoms. The molecule has 1 aliphatic rings. The molecular formula is C13H21N3. The summed E-state index contributed by atoms with van der Waals surface area (Å²) in [6.07, 6.45) is 10.2. The zero-order valence-corrected chi connectivity index (χ0v) is 10.2. The quantitative estimate of drug-likeness (QED) is 0.832. The predicted molar refractivity (Wildman–Crippen MR) is 64.7 cm³/mol. The van der Waals surface area contributed by atoms with E-state index in [9.17, 15) is 0 Å². The minimum atomic E-state index is 0.109. The van der Waals surface area contributed by atoms with Gasteiger partial charge in [0.05, 0.1) is 0 Å². The van der Waals surface area contributed by atoms with Crippen LogP contribution in [0.4, 0.5) is 0 Å². The lowest BCUT2D eigenvalue weighted by Gasteiger charge is -2.36. The second kappa shape index (κ2) is 4.50. The largest absolute Gasteiger partial charge is 0.324 e. The van der Waals surface area contributed by atoms with E-state index in [1.165, 1.54) is 25.7 Å². The van der Waals surface area contributed by atoms with E-state index >= 15 is 0 Å². The first kappa shape index (κ1) is 11.5. The van der Waals surface area contributed by atoms with E-state index in [2.05, 4.69) is 23.8 Å². The van der Waals surface area contributed by atoms with Crippen LogP contribution in [-0.4, -0.2) is 9.97 Å². The molecule has 2 rings (SSSR count). The maximum absolute atomic E-state index is 6.28. The maximum atomic E-state index is 6.28. The van der Waals surface area contributed by atoms with Gasteiger partial charge in [-0.15, -0.1) is 0 Å². The molecule has 1 atom stereocenters. The minimum absolute atomic E-state index is 0.109. The van der Waals surface area contributed by atoms with Crippen molar-refractivity contribution < 1.29 is 0 Å². The van der Waals surface area contributed by atoms with Gasteiger partial charge in [0, 0.05) is 24.0 Å². The van der Waals surface area contributed by atoms with Gasteiger partial charge in [0.2, 0.25) is 0 Å². The van der Waals surface area contributed by atoms with Crippen molar-refractivity contribution in [3.8, 4) is 0 Å². The van der Waals surface area contributed by atoms with Crippen LogP contribution >= 0.6 is 0 Å². The van der Waals surface area contributed by atoms with Crippen LogP contribution in [0, 0.1) is 11.3 Å². The summed E-state index contributed by atoms with van der Waals surface area (Å²) < 4.78 is 0. The van der Waals surface area contributed by atoms with E-state index in [4.69, 9.17) is 5.73 Å². The summed E-state index contributed by atoms with van der Waals surface area (Å²) >= 11 is 0. The Hall–Kier alpha value is -0.960. The van der Waals surface area contributed by atoms with Crippen LogP contribution in [0.15, 0.2) is 18.7 Å². The molecule has 88 valence electrons. The highest BCUT2D eigenvalue weighted by Crippen LogP contribution is 2.41. The molecule has 1 aromatic rings. The van der Waals surface area contributed by atoms with Crippen molar-refractivity contribution in [3.05, 3.63) is 24.3 Å². The van der Waals surface area contributed by atoms with Crippen molar-refractivity contribution in [1.29, 1.82) is 0 Å². The van der Waals surface area contributed by atoms with Crippen LogP contribution in [0.2, 0.25) is 0 Å². The second-order valence-electron chi connectivity index (χ2n) is 5.70. The van der Waals surface area contributed by atoms with Crippen LogP contribution in [0.3, 0.4) is 0 Å². The molecule has 1 unspecified atom stereocenters. The van der Waals surface area contributed by atoms with Crippen molar-refractivity contribution >= 4 is 0 Å². The minimum Gasteiger partial charge on any atom is -0.324 e. The molecule has 1 saturated carbocycles. The van der Waals surface area contributed by atoms with Crippen LogP contribution in [0.5, 0.6) is 0 Å². The Kier molecular flexibility index (Phi) is 3.24. The Morgan fingerprint density at radius 3 is 2.38 bits per heavy atom. The number of hydrogen-bond donors (Lipinski definition) is 1. The topological polar surface area (TPSA) is 51.8 Å². The number of hydrogen-bond acceptors (Lipinski definition) is 3. The van der Waals surface area contributed by atoms with Crippen LogP contribution in [-0.2, 0) is 0 Å². The molecular weight excluding hydrogens is 198 g/mol. The fourth-order valence-electron chi connectivity index (χ4n) is 2.54. The van der Waals surface area contributed by atoms with Crippen molar-refractivity contribution in [3.63, 3.8) is 0 Å². The fourth-order valence-corrected chi connectivity index (χ4v) is 2.54. The molecule has 3 heteroatoms. The van der Waals surface area contributed by atoms with Gasteiger partial charge < -0.3 is 5.73 Å². The van der Waals surface area contributed by atoms with Crippen molar-refractivity contribution in [2.45, 2.75) is 45.6 Å². The molecule has 0 saturated heterocycles. The molecule has 0 radical (unpaired) electrons. The highest BCUT2D eigenvalue weighted by Gasteiger charge is 2.30. The maximum Gasteiger partial charge on any atom is 0.115 e. The van der Waals surface area contributed by atoms with Gasteiger partial charge in [-0.25, -0.2) is 9.97 Å². The molecule has 16 heavy (non-hydrogen) atoms.